The third kappa shape index (κ3) is 4.78. The van der Waals surface area contributed by atoms with Crippen LogP contribution in [0.5, 0.6) is 0 Å². The molecule has 0 aliphatic heterocycles. The van der Waals surface area contributed by atoms with E-state index in [4.69, 9.17) is 23.2 Å². The molecule has 0 unspecified atom stereocenters. The van der Waals surface area contributed by atoms with Gasteiger partial charge in [-0.15, -0.1) is 5.10 Å². The number of carbonyl (C=O) groups excluding carboxylic acids is 1. The van der Waals surface area contributed by atoms with E-state index in [1.54, 1.807) is 0 Å². The molecule has 1 heterocycles. The molecular weight excluding hydrogens is 494 g/mol. The molecule has 1 amide bonds. The summed E-state index contributed by atoms with van der Waals surface area (Å²) >= 11 is 11.6. The highest BCUT2D eigenvalue weighted by molar-refractivity contribution is 7.90. The van der Waals surface area contributed by atoms with Crippen molar-refractivity contribution in [2.75, 3.05) is 0 Å². The third-order valence-corrected chi connectivity index (χ3v) is 5.51. The Bertz CT molecular complexity index is 1270. The number of sulfonamides is 1. The largest absolute Gasteiger partial charge is 0.435 e. The van der Waals surface area contributed by atoms with Gasteiger partial charge in [0.2, 0.25) is 0 Å². The second-order valence-corrected chi connectivity index (χ2v) is 8.36. The van der Waals surface area contributed by atoms with Crippen LogP contribution in [0, 0.1) is 11.6 Å². The number of halogens is 7. The molecule has 0 fully saturated rings. The zero-order chi connectivity index (χ0) is 23.1. The van der Waals surface area contributed by atoms with E-state index in [9.17, 15) is 35.2 Å². The Morgan fingerprint density at radius 1 is 1.03 bits per heavy atom. The normalized spacial score (nSPS) is 12.1. The Labute approximate surface area is 180 Å². The Morgan fingerprint density at radius 3 is 2.19 bits per heavy atom. The van der Waals surface area contributed by atoms with Crippen molar-refractivity contribution in [3.05, 3.63) is 69.5 Å². The van der Waals surface area contributed by atoms with Crippen LogP contribution in [0.2, 0.25) is 10.0 Å². The third-order valence-electron chi connectivity index (χ3n) is 3.67. The maximum atomic E-state index is 13.7. The van der Waals surface area contributed by atoms with Crippen molar-refractivity contribution in [3.8, 4) is 5.69 Å². The van der Waals surface area contributed by atoms with Crippen LogP contribution in [0.4, 0.5) is 22.0 Å². The molecule has 0 aliphatic rings. The summed E-state index contributed by atoms with van der Waals surface area (Å²) in [5, 5.41) is 6.19. The van der Waals surface area contributed by atoms with Crippen LogP contribution in [-0.4, -0.2) is 29.3 Å². The molecule has 0 bridgehead atoms. The quantitative estimate of drug-likeness (QED) is 0.546. The van der Waals surface area contributed by atoms with Crippen molar-refractivity contribution in [2.45, 2.75) is 11.1 Å². The number of carbonyl (C=O) groups is 1. The lowest BCUT2D eigenvalue weighted by Gasteiger charge is -2.12. The first kappa shape index (κ1) is 22.9. The number of amides is 1. The van der Waals surface area contributed by atoms with Crippen molar-refractivity contribution in [1.82, 2.24) is 19.7 Å². The van der Waals surface area contributed by atoms with Gasteiger partial charge in [-0.3, -0.25) is 4.79 Å². The maximum Gasteiger partial charge on any atom is 0.435 e. The van der Waals surface area contributed by atoms with Crippen molar-refractivity contribution in [1.29, 1.82) is 0 Å². The monoisotopic (exact) mass is 500 g/mol. The molecule has 0 radical (unpaired) electrons. The summed E-state index contributed by atoms with van der Waals surface area (Å²) in [7, 11) is -4.95. The zero-order valence-corrected chi connectivity index (χ0v) is 16.9. The molecule has 3 aromatic rings. The fourth-order valence-electron chi connectivity index (χ4n) is 2.42. The molecule has 1 aromatic heterocycles. The van der Waals surface area contributed by atoms with Crippen molar-refractivity contribution in [3.63, 3.8) is 0 Å². The molecule has 7 nitrogen and oxygen atoms in total. The molecule has 0 saturated carbocycles. The summed E-state index contributed by atoms with van der Waals surface area (Å²) < 4.78 is 93.4. The van der Waals surface area contributed by atoms with Crippen LogP contribution in [-0.2, 0) is 16.2 Å². The number of hydrogen-bond acceptors (Lipinski definition) is 5. The molecule has 1 N–H and O–H groups in total. The minimum atomic E-state index is -5.23. The lowest BCUT2D eigenvalue weighted by Crippen LogP contribution is -2.33. The van der Waals surface area contributed by atoms with Gasteiger partial charge in [-0.1, -0.05) is 28.4 Å². The van der Waals surface area contributed by atoms with Gasteiger partial charge in [0.05, 0.1) is 15.6 Å². The van der Waals surface area contributed by atoms with E-state index in [2.05, 4.69) is 10.3 Å². The Hall–Kier alpha value is -2.77. The lowest BCUT2D eigenvalue weighted by molar-refractivity contribution is -0.143. The highest BCUT2D eigenvalue weighted by Gasteiger charge is 2.43. The fraction of sp³-hybridized carbons (Fsp3) is 0.0625. The predicted octanol–water partition coefficient (Wildman–Crippen LogP) is 3.99. The summed E-state index contributed by atoms with van der Waals surface area (Å²) in [6, 6.07) is 4.49. The van der Waals surface area contributed by atoms with E-state index in [0.29, 0.717) is 18.2 Å². The van der Waals surface area contributed by atoms with Gasteiger partial charge in [0.1, 0.15) is 11.6 Å². The number of nitrogens with one attached hydrogen (secondary N) is 1. The number of benzene rings is 2. The van der Waals surface area contributed by atoms with Crippen LogP contribution in [0.15, 0.2) is 41.3 Å². The first-order valence-electron chi connectivity index (χ1n) is 7.81. The van der Waals surface area contributed by atoms with E-state index in [-0.39, 0.29) is 20.4 Å². The molecule has 0 spiro atoms. The molecule has 15 heteroatoms. The molecule has 3 rings (SSSR count). The lowest BCUT2D eigenvalue weighted by atomic mass is 10.2. The summed E-state index contributed by atoms with van der Waals surface area (Å²) in [5.41, 5.74) is -3.51. The second kappa shape index (κ2) is 8.05. The van der Waals surface area contributed by atoms with Crippen molar-refractivity contribution < 1.29 is 35.2 Å². The Morgan fingerprint density at radius 2 is 1.65 bits per heavy atom. The number of hydrogen-bond donors (Lipinski definition) is 1. The van der Waals surface area contributed by atoms with E-state index in [1.807, 2.05) is 0 Å². The van der Waals surface area contributed by atoms with Gasteiger partial charge < -0.3 is 0 Å². The SMILES string of the molecule is O=C(NS(=O)(=O)c1cc(F)cc(F)c1)c1nnn(-c2ccc(Cl)cc2Cl)c1C(F)(F)F. The topological polar surface area (TPSA) is 93.9 Å². The van der Waals surface area contributed by atoms with Gasteiger partial charge in [0.25, 0.3) is 15.9 Å². The van der Waals surface area contributed by atoms with Gasteiger partial charge >= 0.3 is 6.18 Å². The molecular formula is C16H7Cl2F5N4O3S. The van der Waals surface area contributed by atoms with Gasteiger partial charge in [-0.2, -0.15) is 13.2 Å². The number of alkyl halides is 3. The Kier molecular flexibility index (Phi) is 5.95. The van der Waals surface area contributed by atoms with E-state index in [1.165, 1.54) is 10.8 Å². The number of aromatic nitrogens is 3. The number of nitrogens with zero attached hydrogens (tertiary/aromatic N) is 3. The second-order valence-electron chi connectivity index (χ2n) is 5.83. The minimum absolute atomic E-state index is 0.105. The van der Waals surface area contributed by atoms with Crippen molar-refractivity contribution >= 4 is 39.1 Å². The van der Waals surface area contributed by atoms with Crippen LogP contribution < -0.4 is 4.72 Å². The van der Waals surface area contributed by atoms with Crippen LogP contribution in [0.1, 0.15) is 16.2 Å². The Balaban J connectivity index is 2.06. The van der Waals surface area contributed by atoms with Gasteiger partial charge in [0, 0.05) is 11.1 Å². The van der Waals surface area contributed by atoms with Crippen LogP contribution in [0.3, 0.4) is 0 Å². The smallest absolute Gasteiger partial charge is 0.266 e. The first-order chi connectivity index (χ1) is 14.3. The standard InChI is InChI=1S/C16H7Cl2F5N4O3S/c17-7-1-2-12(11(18)3-7)27-14(16(21,22)23)13(24-26-27)15(28)25-31(29,30)10-5-8(19)4-9(20)6-10/h1-6H,(H,25,28). The fourth-order valence-corrected chi connectivity index (χ4v) is 3.91. The maximum absolute atomic E-state index is 13.7. The molecule has 31 heavy (non-hydrogen) atoms. The average Bonchev–Trinajstić information content (AvgIpc) is 3.06. The highest BCUT2D eigenvalue weighted by Crippen LogP contribution is 2.35. The molecule has 2 aromatic carbocycles. The van der Waals surface area contributed by atoms with Crippen LogP contribution >= 0.6 is 23.2 Å². The highest BCUT2D eigenvalue weighted by atomic mass is 35.5. The zero-order valence-electron chi connectivity index (χ0n) is 14.6. The van der Waals surface area contributed by atoms with E-state index >= 15 is 0 Å². The van der Waals surface area contributed by atoms with Crippen LogP contribution in [0.25, 0.3) is 5.69 Å². The summed E-state index contributed by atoms with van der Waals surface area (Å²) in [6.07, 6.45) is -5.23. The van der Waals surface area contributed by atoms with Gasteiger partial charge in [0.15, 0.2) is 11.4 Å². The van der Waals surface area contributed by atoms with E-state index in [0.717, 1.165) is 12.1 Å². The summed E-state index contributed by atoms with van der Waals surface area (Å²) in [5.74, 6) is -4.41. The molecule has 0 aliphatic carbocycles. The predicted molar refractivity (Wildman–Crippen MR) is 97.4 cm³/mol. The summed E-state index contributed by atoms with van der Waals surface area (Å²) in [6.45, 7) is 0. The molecule has 164 valence electrons. The first-order valence-corrected chi connectivity index (χ1v) is 10.0. The molecule has 0 atom stereocenters. The van der Waals surface area contributed by atoms with Gasteiger partial charge in [-0.25, -0.2) is 26.6 Å². The average molecular weight is 501 g/mol. The summed E-state index contributed by atoms with van der Waals surface area (Å²) in [4.78, 5) is 11.3. The minimum Gasteiger partial charge on any atom is -0.266 e. The number of rotatable bonds is 4. The van der Waals surface area contributed by atoms with E-state index < -0.39 is 50.0 Å². The van der Waals surface area contributed by atoms with Crippen molar-refractivity contribution in [2.24, 2.45) is 0 Å². The van der Waals surface area contributed by atoms with Gasteiger partial charge in [-0.05, 0) is 30.3 Å². The molecule has 0 saturated heterocycles.